The lowest BCUT2D eigenvalue weighted by molar-refractivity contribution is 0.0947. The van der Waals surface area contributed by atoms with Crippen LogP contribution < -0.4 is 11.1 Å². The SMILES string of the molecule is Cc1ccc(O)c(C(=O)NCC(N)C2CC2)c1. The van der Waals surface area contributed by atoms with Crippen molar-refractivity contribution in [3.63, 3.8) is 0 Å². The summed E-state index contributed by atoms with van der Waals surface area (Å²) in [5.74, 6) is 0.303. The third kappa shape index (κ3) is 2.97. The third-order valence-electron chi connectivity index (χ3n) is 3.12. The number of aryl methyl sites for hydroxylation is 1. The number of nitrogens with two attached hydrogens (primary N) is 1. The molecule has 1 saturated carbocycles. The summed E-state index contributed by atoms with van der Waals surface area (Å²) in [5, 5.41) is 12.4. The lowest BCUT2D eigenvalue weighted by Crippen LogP contribution is -2.38. The molecule has 1 aromatic carbocycles. The normalized spacial score (nSPS) is 16.6. The summed E-state index contributed by atoms with van der Waals surface area (Å²) in [6.07, 6.45) is 2.32. The van der Waals surface area contributed by atoms with Crippen molar-refractivity contribution >= 4 is 5.91 Å². The second kappa shape index (κ2) is 4.75. The van der Waals surface area contributed by atoms with Crippen LogP contribution in [0.25, 0.3) is 0 Å². The fourth-order valence-electron chi connectivity index (χ4n) is 1.83. The van der Waals surface area contributed by atoms with Gasteiger partial charge in [-0.15, -0.1) is 0 Å². The molecule has 0 radical (unpaired) electrons. The Morgan fingerprint density at radius 3 is 2.94 bits per heavy atom. The van der Waals surface area contributed by atoms with Gasteiger partial charge < -0.3 is 16.2 Å². The van der Waals surface area contributed by atoms with Crippen LogP contribution in [0.4, 0.5) is 0 Å². The maximum atomic E-state index is 11.8. The molecule has 1 aliphatic carbocycles. The summed E-state index contributed by atoms with van der Waals surface area (Å²) in [6, 6.07) is 5.01. The van der Waals surface area contributed by atoms with Crippen LogP contribution in [0.2, 0.25) is 0 Å². The number of benzene rings is 1. The Kier molecular flexibility index (Phi) is 3.33. The quantitative estimate of drug-likeness (QED) is 0.732. The smallest absolute Gasteiger partial charge is 0.255 e. The summed E-state index contributed by atoms with van der Waals surface area (Å²) in [6.45, 7) is 2.35. The van der Waals surface area contributed by atoms with Crippen LogP contribution in [-0.4, -0.2) is 23.6 Å². The van der Waals surface area contributed by atoms with Crippen molar-refractivity contribution in [2.75, 3.05) is 6.54 Å². The average molecular weight is 234 g/mol. The number of hydrogen-bond donors (Lipinski definition) is 3. The predicted molar refractivity (Wildman–Crippen MR) is 65.9 cm³/mol. The first-order valence-corrected chi connectivity index (χ1v) is 5.91. The van der Waals surface area contributed by atoms with Crippen LogP contribution in [0.5, 0.6) is 5.75 Å². The summed E-state index contributed by atoms with van der Waals surface area (Å²) in [7, 11) is 0. The summed E-state index contributed by atoms with van der Waals surface area (Å²) < 4.78 is 0. The van der Waals surface area contributed by atoms with Gasteiger partial charge in [-0.1, -0.05) is 11.6 Å². The number of rotatable bonds is 4. The van der Waals surface area contributed by atoms with E-state index < -0.39 is 0 Å². The van der Waals surface area contributed by atoms with Gasteiger partial charge in [-0.3, -0.25) is 4.79 Å². The Balaban J connectivity index is 1.96. The minimum Gasteiger partial charge on any atom is -0.507 e. The van der Waals surface area contributed by atoms with Crippen molar-refractivity contribution < 1.29 is 9.90 Å². The Labute approximate surface area is 101 Å². The molecule has 0 aromatic heterocycles. The van der Waals surface area contributed by atoms with Gasteiger partial charge >= 0.3 is 0 Å². The molecule has 1 amide bonds. The van der Waals surface area contributed by atoms with Gasteiger partial charge in [0.1, 0.15) is 5.75 Å². The van der Waals surface area contributed by atoms with Crippen molar-refractivity contribution in [2.45, 2.75) is 25.8 Å². The number of phenols is 1. The number of phenolic OH excluding ortho intramolecular Hbond substituents is 1. The molecule has 1 atom stereocenters. The summed E-state index contributed by atoms with van der Waals surface area (Å²) in [4.78, 5) is 11.8. The number of nitrogens with one attached hydrogen (secondary N) is 1. The number of carbonyl (C=O) groups is 1. The minimum absolute atomic E-state index is 0.00749. The molecule has 4 nitrogen and oxygen atoms in total. The van der Waals surface area contributed by atoms with E-state index in [-0.39, 0.29) is 17.7 Å². The Hall–Kier alpha value is -1.55. The molecule has 1 aromatic rings. The molecular formula is C13H18N2O2. The average Bonchev–Trinajstić information content (AvgIpc) is 3.12. The zero-order valence-electron chi connectivity index (χ0n) is 9.94. The van der Waals surface area contributed by atoms with E-state index in [4.69, 9.17) is 5.73 Å². The van der Waals surface area contributed by atoms with Gasteiger partial charge in [0.05, 0.1) is 5.56 Å². The Morgan fingerprint density at radius 1 is 1.59 bits per heavy atom. The fraction of sp³-hybridized carbons (Fsp3) is 0.462. The van der Waals surface area contributed by atoms with Gasteiger partial charge in [0, 0.05) is 12.6 Å². The van der Waals surface area contributed by atoms with E-state index in [1.54, 1.807) is 12.1 Å². The van der Waals surface area contributed by atoms with Crippen LogP contribution >= 0.6 is 0 Å². The molecule has 1 unspecified atom stereocenters. The van der Waals surface area contributed by atoms with E-state index in [1.165, 1.54) is 6.07 Å². The first-order valence-electron chi connectivity index (χ1n) is 5.91. The Bertz CT molecular complexity index is 427. The largest absolute Gasteiger partial charge is 0.507 e. The molecule has 0 saturated heterocycles. The minimum atomic E-state index is -0.262. The Morgan fingerprint density at radius 2 is 2.29 bits per heavy atom. The molecule has 4 heteroatoms. The number of amides is 1. The number of hydrogen-bond acceptors (Lipinski definition) is 3. The zero-order valence-corrected chi connectivity index (χ0v) is 9.94. The van der Waals surface area contributed by atoms with Gasteiger partial charge in [0.2, 0.25) is 0 Å². The molecule has 0 aliphatic heterocycles. The molecule has 1 aliphatic rings. The zero-order chi connectivity index (χ0) is 12.4. The van der Waals surface area contributed by atoms with E-state index in [9.17, 15) is 9.90 Å². The highest BCUT2D eigenvalue weighted by Crippen LogP contribution is 2.31. The highest BCUT2D eigenvalue weighted by atomic mass is 16.3. The maximum Gasteiger partial charge on any atom is 0.255 e. The number of aromatic hydroxyl groups is 1. The topological polar surface area (TPSA) is 75.3 Å². The summed E-state index contributed by atoms with van der Waals surface area (Å²) >= 11 is 0. The molecule has 1 fully saturated rings. The van der Waals surface area contributed by atoms with Crippen LogP contribution in [0.3, 0.4) is 0 Å². The molecule has 0 spiro atoms. The molecule has 4 N–H and O–H groups in total. The van der Waals surface area contributed by atoms with Crippen molar-refractivity contribution in [2.24, 2.45) is 11.7 Å². The molecule has 0 bridgehead atoms. The maximum absolute atomic E-state index is 11.8. The fourth-order valence-corrected chi connectivity index (χ4v) is 1.83. The first kappa shape index (κ1) is 11.9. The lowest BCUT2D eigenvalue weighted by Gasteiger charge is -2.12. The van der Waals surface area contributed by atoms with E-state index >= 15 is 0 Å². The third-order valence-corrected chi connectivity index (χ3v) is 3.12. The second-order valence-corrected chi connectivity index (χ2v) is 4.73. The van der Waals surface area contributed by atoms with Gasteiger partial charge in [-0.05, 0) is 37.8 Å². The van der Waals surface area contributed by atoms with E-state index in [1.807, 2.05) is 6.92 Å². The van der Waals surface area contributed by atoms with Crippen LogP contribution in [-0.2, 0) is 0 Å². The van der Waals surface area contributed by atoms with Crippen LogP contribution in [0.1, 0.15) is 28.8 Å². The highest BCUT2D eigenvalue weighted by molar-refractivity contribution is 5.97. The van der Waals surface area contributed by atoms with Crippen molar-refractivity contribution in [1.29, 1.82) is 0 Å². The van der Waals surface area contributed by atoms with Crippen LogP contribution in [0, 0.1) is 12.8 Å². The summed E-state index contributed by atoms with van der Waals surface area (Å²) in [5.41, 5.74) is 7.15. The molecule has 17 heavy (non-hydrogen) atoms. The molecular weight excluding hydrogens is 216 g/mol. The highest BCUT2D eigenvalue weighted by Gasteiger charge is 2.28. The molecule has 0 heterocycles. The number of carbonyl (C=O) groups excluding carboxylic acids is 1. The van der Waals surface area contributed by atoms with Gasteiger partial charge in [-0.25, -0.2) is 0 Å². The van der Waals surface area contributed by atoms with Gasteiger partial charge in [0.25, 0.3) is 5.91 Å². The van der Waals surface area contributed by atoms with Crippen molar-refractivity contribution in [3.05, 3.63) is 29.3 Å². The van der Waals surface area contributed by atoms with Crippen molar-refractivity contribution in [3.8, 4) is 5.75 Å². The standard InChI is InChI=1S/C13H18N2O2/c1-8-2-5-12(16)10(6-8)13(17)15-7-11(14)9-3-4-9/h2,5-6,9,11,16H,3-4,7,14H2,1H3,(H,15,17). The van der Waals surface area contributed by atoms with Gasteiger partial charge in [-0.2, -0.15) is 0 Å². The predicted octanol–water partition coefficient (Wildman–Crippen LogP) is 1.17. The molecule has 92 valence electrons. The second-order valence-electron chi connectivity index (χ2n) is 4.73. The first-order chi connectivity index (χ1) is 8.08. The van der Waals surface area contributed by atoms with Crippen LogP contribution in [0.15, 0.2) is 18.2 Å². The van der Waals surface area contributed by atoms with Gasteiger partial charge in [0.15, 0.2) is 0 Å². The lowest BCUT2D eigenvalue weighted by atomic mass is 10.1. The molecule has 2 rings (SSSR count). The van der Waals surface area contributed by atoms with E-state index in [0.29, 0.717) is 18.0 Å². The van der Waals surface area contributed by atoms with E-state index in [0.717, 1.165) is 18.4 Å². The monoisotopic (exact) mass is 234 g/mol. The van der Waals surface area contributed by atoms with E-state index in [2.05, 4.69) is 5.32 Å². The van der Waals surface area contributed by atoms with Crippen molar-refractivity contribution in [1.82, 2.24) is 5.32 Å².